The number of halogens is 1. The van der Waals surface area contributed by atoms with E-state index in [9.17, 15) is 21.2 Å². The van der Waals surface area contributed by atoms with Gasteiger partial charge in [-0.05, 0) is 37.0 Å². The van der Waals surface area contributed by atoms with Gasteiger partial charge in [-0.3, -0.25) is 0 Å². The molecule has 1 aliphatic rings. The highest BCUT2D eigenvalue weighted by atomic mass is 32.2. The van der Waals surface area contributed by atoms with Crippen molar-refractivity contribution in [3.05, 3.63) is 24.0 Å². The summed E-state index contributed by atoms with van der Waals surface area (Å²) in [6.07, 6.45) is 2.90. The second-order valence-electron chi connectivity index (χ2n) is 5.26. The molecule has 0 radical (unpaired) electrons. The van der Waals surface area contributed by atoms with Crippen LogP contribution >= 0.6 is 0 Å². The zero-order valence-electron chi connectivity index (χ0n) is 11.9. The molecule has 1 aliphatic carbocycles. The Bertz CT molecular complexity index is 739. The fourth-order valence-corrected chi connectivity index (χ4v) is 4.37. The summed E-state index contributed by atoms with van der Waals surface area (Å²) >= 11 is 0. The van der Waals surface area contributed by atoms with Crippen LogP contribution in [-0.4, -0.2) is 40.5 Å². The van der Waals surface area contributed by atoms with Gasteiger partial charge in [0.15, 0.2) is 9.84 Å². The Morgan fingerprint density at radius 3 is 2.33 bits per heavy atom. The van der Waals surface area contributed by atoms with E-state index in [1.165, 1.54) is 4.31 Å². The molecule has 0 N–H and O–H groups in total. The fourth-order valence-electron chi connectivity index (χ4n) is 2.04. The van der Waals surface area contributed by atoms with Crippen LogP contribution in [0, 0.1) is 11.7 Å². The Morgan fingerprint density at radius 2 is 1.86 bits per heavy atom. The minimum absolute atomic E-state index is 0.204. The Morgan fingerprint density at radius 1 is 1.24 bits per heavy atom. The molecule has 0 bridgehead atoms. The number of benzene rings is 1. The van der Waals surface area contributed by atoms with Gasteiger partial charge in [-0.1, -0.05) is 6.92 Å². The number of hydrogen-bond acceptors (Lipinski definition) is 4. The molecule has 5 nitrogen and oxygen atoms in total. The minimum Gasteiger partial charge on any atom is -0.224 e. The third kappa shape index (κ3) is 3.61. The molecule has 21 heavy (non-hydrogen) atoms. The van der Waals surface area contributed by atoms with E-state index < -0.39 is 30.6 Å². The molecule has 1 fully saturated rings. The summed E-state index contributed by atoms with van der Waals surface area (Å²) in [6.45, 7) is 2.25. The zero-order chi connectivity index (χ0) is 15.8. The van der Waals surface area contributed by atoms with Crippen molar-refractivity contribution in [1.29, 1.82) is 0 Å². The lowest BCUT2D eigenvalue weighted by molar-refractivity contribution is 0.408. The van der Waals surface area contributed by atoms with E-state index in [1.54, 1.807) is 6.92 Å². The molecule has 0 amide bonds. The van der Waals surface area contributed by atoms with E-state index in [1.807, 2.05) is 0 Å². The van der Waals surface area contributed by atoms with Crippen LogP contribution in [0.25, 0.3) is 0 Å². The van der Waals surface area contributed by atoms with Gasteiger partial charge in [0, 0.05) is 19.3 Å². The molecular weight excluding hydrogens is 317 g/mol. The third-order valence-corrected chi connectivity index (χ3v) is 6.53. The number of sulfone groups is 1. The molecule has 1 aromatic carbocycles. The predicted molar refractivity (Wildman–Crippen MR) is 76.7 cm³/mol. The Kier molecular flexibility index (Phi) is 4.41. The van der Waals surface area contributed by atoms with Gasteiger partial charge in [0.1, 0.15) is 10.7 Å². The average molecular weight is 335 g/mol. The maximum atomic E-state index is 13.9. The van der Waals surface area contributed by atoms with Crippen molar-refractivity contribution in [2.45, 2.75) is 29.6 Å². The molecular formula is C13H18FNO4S2. The monoisotopic (exact) mass is 335 g/mol. The molecule has 2 rings (SSSR count). The highest BCUT2D eigenvalue weighted by Gasteiger charge is 2.32. The molecule has 0 atom stereocenters. The molecule has 1 aromatic rings. The smallest absolute Gasteiger partial charge is 0.224 e. The van der Waals surface area contributed by atoms with Crippen LogP contribution in [-0.2, 0) is 19.9 Å². The van der Waals surface area contributed by atoms with Crippen LogP contribution in [0.2, 0.25) is 0 Å². The Hall–Kier alpha value is -0.990. The SMILES string of the molecule is CCN(CC1CC1)S(=O)(=O)c1cc(S(C)(=O)=O)ccc1F. The summed E-state index contributed by atoms with van der Waals surface area (Å²) in [5, 5.41) is 0. The lowest BCUT2D eigenvalue weighted by Gasteiger charge is -2.20. The minimum atomic E-state index is -4.03. The van der Waals surface area contributed by atoms with E-state index in [0.29, 0.717) is 12.5 Å². The van der Waals surface area contributed by atoms with Crippen molar-refractivity contribution >= 4 is 19.9 Å². The van der Waals surface area contributed by atoms with Crippen molar-refractivity contribution in [2.24, 2.45) is 5.92 Å². The summed E-state index contributed by atoms with van der Waals surface area (Å²) in [6, 6.07) is 2.85. The first kappa shape index (κ1) is 16.4. The normalized spacial score (nSPS) is 16.4. The number of sulfonamides is 1. The first-order chi connectivity index (χ1) is 9.66. The van der Waals surface area contributed by atoms with Crippen LogP contribution in [0.5, 0.6) is 0 Å². The topological polar surface area (TPSA) is 71.5 Å². The van der Waals surface area contributed by atoms with Gasteiger partial charge in [0.05, 0.1) is 4.90 Å². The second-order valence-corrected chi connectivity index (χ2v) is 9.19. The van der Waals surface area contributed by atoms with E-state index in [2.05, 4.69) is 0 Å². The summed E-state index contributed by atoms with van der Waals surface area (Å²) in [7, 11) is -7.62. The largest absolute Gasteiger partial charge is 0.246 e. The van der Waals surface area contributed by atoms with Crippen molar-refractivity contribution in [3.63, 3.8) is 0 Å². The van der Waals surface area contributed by atoms with E-state index in [0.717, 1.165) is 37.3 Å². The quantitative estimate of drug-likeness (QED) is 0.741. The second kappa shape index (κ2) is 5.66. The molecule has 0 heterocycles. The van der Waals surface area contributed by atoms with Crippen molar-refractivity contribution < 1.29 is 21.2 Å². The Balaban J connectivity index is 2.47. The first-order valence-corrected chi connectivity index (χ1v) is 9.99. The molecule has 0 saturated heterocycles. The lowest BCUT2D eigenvalue weighted by atomic mass is 10.3. The van der Waals surface area contributed by atoms with Gasteiger partial charge in [0.2, 0.25) is 10.0 Å². The maximum Gasteiger partial charge on any atom is 0.246 e. The van der Waals surface area contributed by atoms with Gasteiger partial charge >= 0.3 is 0 Å². The Labute approximate surface area is 124 Å². The van der Waals surface area contributed by atoms with Gasteiger partial charge < -0.3 is 0 Å². The lowest BCUT2D eigenvalue weighted by Crippen LogP contribution is -2.33. The summed E-state index contributed by atoms with van der Waals surface area (Å²) in [5.74, 6) is -0.613. The van der Waals surface area contributed by atoms with Crippen LogP contribution in [0.4, 0.5) is 4.39 Å². The molecule has 0 spiro atoms. The van der Waals surface area contributed by atoms with E-state index in [4.69, 9.17) is 0 Å². The highest BCUT2D eigenvalue weighted by Crippen LogP contribution is 2.32. The van der Waals surface area contributed by atoms with Gasteiger partial charge in [-0.15, -0.1) is 0 Å². The fraction of sp³-hybridized carbons (Fsp3) is 0.538. The van der Waals surface area contributed by atoms with Crippen LogP contribution in [0.1, 0.15) is 19.8 Å². The summed E-state index contributed by atoms with van der Waals surface area (Å²) in [4.78, 5) is -0.780. The molecule has 0 aromatic heterocycles. The summed E-state index contributed by atoms with van der Waals surface area (Å²) < 4.78 is 63.2. The number of rotatable bonds is 6. The predicted octanol–water partition coefficient (Wildman–Crippen LogP) is 1.65. The van der Waals surface area contributed by atoms with Crippen LogP contribution in [0.15, 0.2) is 28.0 Å². The van der Waals surface area contributed by atoms with Crippen LogP contribution < -0.4 is 0 Å². The molecule has 1 saturated carbocycles. The molecule has 8 heteroatoms. The average Bonchev–Trinajstić information content (AvgIpc) is 3.18. The number of nitrogens with zero attached hydrogens (tertiary/aromatic N) is 1. The first-order valence-electron chi connectivity index (χ1n) is 6.66. The van der Waals surface area contributed by atoms with Crippen molar-refractivity contribution in [1.82, 2.24) is 4.31 Å². The van der Waals surface area contributed by atoms with Crippen molar-refractivity contribution in [3.8, 4) is 0 Å². The maximum absolute atomic E-state index is 13.9. The molecule has 118 valence electrons. The van der Waals surface area contributed by atoms with Crippen LogP contribution in [0.3, 0.4) is 0 Å². The van der Waals surface area contributed by atoms with Gasteiger partial charge in [-0.25, -0.2) is 21.2 Å². The van der Waals surface area contributed by atoms with Crippen molar-refractivity contribution in [2.75, 3.05) is 19.3 Å². The standard InChI is InChI=1S/C13H18FNO4S2/c1-3-15(9-10-4-5-10)21(18,19)13-8-11(20(2,16)17)6-7-12(13)14/h6-8,10H,3-5,9H2,1-2H3. The van der Waals surface area contributed by atoms with Gasteiger partial charge in [0.25, 0.3) is 0 Å². The third-order valence-electron chi connectivity index (χ3n) is 3.46. The van der Waals surface area contributed by atoms with Gasteiger partial charge in [-0.2, -0.15) is 4.31 Å². The number of hydrogen-bond donors (Lipinski definition) is 0. The molecule has 0 aliphatic heterocycles. The summed E-state index contributed by atoms with van der Waals surface area (Å²) in [5.41, 5.74) is 0. The zero-order valence-corrected chi connectivity index (χ0v) is 13.5. The van der Waals surface area contributed by atoms with E-state index in [-0.39, 0.29) is 11.4 Å². The molecule has 0 unspecified atom stereocenters. The highest BCUT2D eigenvalue weighted by molar-refractivity contribution is 7.91. The van der Waals surface area contributed by atoms with E-state index >= 15 is 0 Å².